The molecule has 1 saturated heterocycles. The third-order valence-corrected chi connectivity index (χ3v) is 7.11. The van der Waals surface area contributed by atoms with Crippen LogP contribution in [0.1, 0.15) is 65.9 Å². The minimum Gasteiger partial charge on any atom is -0.496 e. The summed E-state index contributed by atoms with van der Waals surface area (Å²) in [5.74, 6) is 0.315. The Morgan fingerprint density at radius 2 is 1.86 bits per heavy atom. The topological polar surface area (TPSA) is 113 Å². The summed E-state index contributed by atoms with van der Waals surface area (Å²) in [7, 11) is 1.60. The summed E-state index contributed by atoms with van der Waals surface area (Å²) in [5.41, 5.74) is 3.31. The summed E-state index contributed by atoms with van der Waals surface area (Å²) < 4.78 is 5.61. The number of ether oxygens (including phenoxy) is 1. The van der Waals surface area contributed by atoms with Crippen molar-refractivity contribution in [1.29, 1.82) is 0 Å². The Balaban J connectivity index is 1.35. The van der Waals surface area contributed by atoms with E-state index in [9.17, 15) is 14.4 Å². The zero-order valence-electron chi connectivity index (χ0n) is 21.5. The lowest BCUT2D eigenvalue weighted by Gasteiger charge is -2.45. The van der Waals surface area contributed by atoms with Gasteiger partial charge < -0.3 is 25.6 Å². The molecular weight excluding hydrogens is 470 g/mol. The van der Waals surface area contributed by atoms with Gasteiger partial charge in [-0.3, -0.25) is 14.4 Å². The van der Waals surface area contributed by atoms with Crippen LogP contribution in [0.3, 0.4) is 0 Å². The maximum atomic E-state index is 13.5. The molecule has 1 fully saturated rings. The fourth-order valence-electron chi connectivity index (χ4n) is 5.18. The van der Waals surface area contributed by atoms with E-state index in [0.29, 0.717) is 54.3 Å². The van der Waals surface area contributed by atoms with Crippen LogP contribution in [0.15, 0.2) is 42.5 Å². The van der Waals surface area contributed by atoms with Crippen molar-refractivity contribution in [1.82, 2.24) is 15.2 Å². The van der Waals surface area contributed by atoms with Crippen LogP contribution in [-0.2, 0) is 4.79 Å². The third kappa shape index (κ3) is 4.57. The summed E-state index contributed by atoms with van der Waals surface area (Å²) in [6.07, 6.45) is 1.08. The van der Waals surface area contributed by atoms with Crippen molar-refractivity contribution < 1.29 is 19.1 Å². The fourth-order valence-corrected chi connectivity index (χ4v) is 5.18. The zero-order valence-corrected chi connectivity index (χ0v) is 21.5. The highest BCUT2D eigenvalue weighted by Gasteiger charge is 2.41. The van der Waals surface area contributed by atoms with Crippen LogP contribution in [0, 0.1) is 0 Å². The number of fused-ring (bicyclic) bond motifs is 2. The summed E-state index contributed by atoms with van der Waals surface area (Å²) in [5, 5.41) is 10.2. The predicted octanol–water partition coefficient (Wildman–Crippen LogP) is 4.11. The second-order valence-electron chi connectivity index (χ2n) is 10.0. The number of aromatic nitrogens is 1. The average molecular weight is 502 g/mol. The number of carbonyl (C=O) groups is 3. The second kappa shape index (κ2) is 9.38. The largest absolute Gasteiger partial charge is 0.496 e. The number of nitrogens with one attached hydrogen (secondary N) is 3. The monoisotopic (exact) mass is 501 g/mol. The highest BCUT2D eigenvalue weighted by molar-refractivity contribution is 6.04. The number of benzene rings is 2. The second-order valence-corrected chi connectivity index (χ2v) is 10.0. The number of carbonyl (C=O) groups excluding carboxylic acids is 3. The Morgan fingerprint density at radius 3 is 2.54 bits per heavy atom. The first-order chi connectivity index (χ1) is 17.7. The molecule has 3 amide bonds. The number of methoxy groups -OCH3 is 1. The Kier molecular flexibility index (Phi) is 6.23. The van der Waals surface area contributed by atoms with Gasteiger partial charge in [0.15, 0.2) is 0 Å². The van der Waals surface area contributed by atoms with E-state index in [2.05, 4.69) is 29.8 Å². The number of amides is 3. The van der Waals surface area contributed by atoms with Crippen LogP contribution in [0.25, 0.3) is 10.9 Å². The van der Waals surface area contributed by atoms with Crippen molar-refractivity contribution >= 4 is 40.0 Å². The smallest absolute Gasteiger partial charge is 0.272 e. The maximum Gasteiger partial charge on any atom is 0.272 e. The lowest BCUT2D eigenvalue weighted by atomic mass is 9.92. The summed E-state index contributed by atoms with van der Waals surface area (Å²) >= 11 is 0. The molecule has 0 unspecified atom stereocenters. The van der Waals surface area contributed by atoms with E-state index in [-0.39, 0.29) is 23.6 Å². The van der Waals surface area contributed by atoms with Crippen molar-refractivity contribution in [3.05, 3.63) is 59.3 Å². The van der Waals surface area contributed by atoms with Gasteiger partial charge in [0.1, 0.15) is 17.1 Å². The van der Waals surface area contributed by atoms with E-state index in [1.807, 2.05) is 18.2 Å². The van der Waals surface area contributed by atoms with Crippen LogP contribution in [0.4, 0.5) is 11.4 Å². The molecule has 3 heterocycles. The first-order valence-electron chi connectivity index (χ1n) is 12.5. The van der Waals surface area contributed by atoms with Gasteiger partial charge in [0.05, 0.1) is 18.2 Å². The molecular formula is C28H31N5O4. The van der Waals surface area contributed by atoms with Crippen molar-refractivity contribution in [3.63, 3.8) is 0 Å². The number of likely N-dealkylation sites (tertiary alicyclic amines) is 1. The number of hydrogen-bond donors (Lipinski definition) is 3. The molecule has 9 nitrogen and oxygen atoms in total. The van der Waals surface area contributed by atoms with Crippen molar-refractivity contribution in [2.45, 2.75) is 45.2 Å². The highest BCUT2D eigenvalue weighted by Crippen LogP contribution is 2.34. The molecule has 9 heteroatoms. The molecule has 1 aromatic heterocycles. The van der Waals surface area contributed by atoms with Crippen molar-refractivity contribution in [2.75, 3.05) is 30.8 Å². The van der Waals surface area contributed by atoms with E-state index in [1.165, 1.54) is 6.92 Å². The first kappa shape index (κ1) is 24.5. The lowest BCUT2D eigenvalue weighted by Crippen LogP contribution is -2.62. The van der Waals surface area contributed by atoms with Crippen molar-refractivity contribution in [2.24, 2.45) is 0 Å². The Morgan fingerprint density at radius 1 is 1.11 bits per heavy atom. The summed E-state index contributed by atoms with van der Waals surface area (Å²) in [6.45, 7) is 6.55. The van der Waals surface area contributed by atoms with Gasteiger partial charge in [0.25, 0.3) is 11.8 Å². The summed E-state index contributed by atoms with van der Waals surface area (Å²) in [6, 6.07) is 12.9. The van der Waals surface area contributed by atoms with Crippen LogP contribution < -0.4 is 20.7 Å². The molecule has 0 saturated carbocycles. The number of rotatable bonds is 4. The van der Waals surface area contributed by atoms with Gasteiger partial charge in [0, 0.05) is 55.7 Å². The number of hydrogen-bond acceptors (Lipinski definition) is 6. The highest BCUT2D eigenvalue weighted by atomic mass is 16.5. The molecule has 3 N–H and O–H groups in total. The van der Waals surface area contributed by atoms with Crippen LogP contribution in [0.5, 0.6) is 5.75 Å². The van der Waals surface area contributed by atoms with E-state index < -0.39 is 5.66 Å². The van der Waals surface area contributed by atoms with Crippen molar-refractivity contribution in [3.8, 4) is 5.75 Å². The molecule has 37 heavy (non-hydrogen) atoms. The molecule has 0 aliphatic carbocycles. The van der Waals surface area contributed by atoms with E-state index in [0.717, 1.165) is 16.5 Å². The Bertz CT molecular complexity index is 1410. The molecule has 0 radical (unpaired) electrons. The molecule has 192 valence electrons. The molecule has 2 aromatic carbocycles. The molecule has 5 rings (SSSR count). The molecule has 3 aromatic rings. The van der Waals surface area contributed by atoms with Gasteiger partial charge >= 0.3 is 0 Å². The predicted molar refractivity (Wildman–Crippen MR) is 142 cm³/mol. The van der Waals surface area contributed by atoms with E-state index >= 15 is 0 Å². The number of piperidine rings is 1. The average Bonchev–Trinajstić information content (AvgIpc) is 2.87. The van der Waals surface area contributed by atoms with Crippen LogP contribution in [0.2, 0.25) is 0 Å². The standard InChI is InChI=1S/C28H31N5O4/c1-16(2)19-6-5-7-20-24(37-4)15-23(30-25(19)20)27(36)33-12-10-28(11-13-33)31-22-9-8-18(29-17(3)34)14-21(22)26(35)32-28/h5-9,14-16,31H,10-13H2,1-4H3,(H,29,34)(H,32,35). The zero-order chi connectivity index (χ0) is 26.3. The maximum absolute atomic E-state index is 13.5. The Hall–Kier alpha value is -4.14. The number of pyridine rings is 1. The van der Waals surface area contributed by atoms with E-state index in [1.54, 1.807) is 36.3 Å². The van der Waals surface area contributed by atoms with Gasteiger partial charge in [0.2, 0.25) is 5.91 Å². The molecule has 2 aliphatic heterocycles. The lowest BCUT2D eigenvalue weighted by molar-refractivity contribution is -0.114. The SMILES string of the molecule is COc1cc(C(=O)N2CCC3(CC2)NC(=O)c2cc(NC(C)=O)ccc2N3)nc2c(C(C)C)cccc12. The minimum atomic E-state index is -0.643. The minimum absolute atomic E-state index is 0.156. The fraction of sp³-hybridized carbons (Fsp3) is 0.357. The van der Waals surface area contributed by atoms with Crippen LogP contribution >= 0.6 is 0 Å². The Labute approximate surface area is 215 Å². The van der Waals surface area contributed by atoms with Gasteiger partial charge in [-0.15, -0.1) is 0 Å². The van der Waals surface area contributed by atoms with Gasteiger partial charge in [-0.25, -0.2) is 4.98 Å². The quantitative estimate of drug-likeness (QED) is 0.496. The molecule has 2 aliphatic rings. The number of anilines is 2. The molecule has 0 bridgehead atoms. The molecule has 0 atom stereocenters. The normalized spacial score (nSPS) is 16.2. The summed E-state index contributed by atoms with van der Waals surface area (Å²) in [4.78, 5) is 44.4. The van der Waals surface area contributed by atoms with Gasteiger partial charge in [-0.1, -0.05) is 26.0 Å². The van der Waals surface area contributed by atoms with E-state index in [4.69, 9.17) is 9.72 Å². The van der Waals surface area contributed by atoms with Gasteiger partial charge in [-0.2, -0.15) is 0 Å². The number of para-hydroxylation sites is 1. The molecule has 1 spiro atoms. The van der Waals surface area contributed by atoms with Gasteiger partial charge in [-0.05, 0) is 35.7 Å². The first-order valence-corrected chi connectivity index (χ1v) is 12.5. The van der Waals surface area contributed by atoms with Crippen LogP contribution in [-0.4, -0.2) is 53.5 Å². The third-order valence-electron chi connectivity index (χ3n) is 7.11. The number of nitrogens with zero attached hydrogens (tertiary/aromatic N) is 2.